The highest BCUT2D eigenvalue weighted by molar-refractivity contribution is 7.92. The number of aryl methyl sites for hydroxylation is 1. The number of carbonyl (C=O) groups excluding carboxylic acids is 2. The molecule has 1 N–H and O–H groups in total. The number of benzene rings is 2. The molecule has 3 aromatic rings. The van der Waals surface area contributed by atoms with E-state index < -0.39 is 28.4 Å². The average Bonchev–Trinajstić information content (AvgIpc) is 3.40. The SMILES string of the molecule is COC(=O)c1c(NC(=O)CN(c2ccc(Cl)c(Cl)c2)S(=O)(=O)c2ccccc2)sc2c1CCC2. The number of rotatable bonds is 7. The molecule has 2 aromatic carbocycles. The van der Waals surface area contributed by atoms with Crippen molar-refractivity contribution in [3.63, 3.8) is 0 Å². The Balaban J connectivity index is 1.68. The summed E-state index contributed by atoms with van der Waals surface area (Å²) in [6, 6.07) is 12.1. The summed E-state index contributed by atoms with van der Waals surface area (Å²) in [5.74, 6) is -1.15. The fourth-order valence-corrected chi connectivity index (χ4v) is 6.80. The molecule has 1 heterocycles. The van der Waals surface area contributed by atoms with Crippen LogP contribution in [0.1, 0.15) is 27.2 Å². The summed E-state index contributed by atoms with van der Waals surface area (Å²) in [5, 5.41) is 3.47. The van der Waals surface area contributed by atoms with Gasteiger partial charge in [0.05, 0.1) is 33.3 Å². The van der Waals surface area contributed by atoms with Gasteiger partial charge < -0.3 is 10.1 Å². The number of nitrogens with zero attached hydrogens (tertiary/aromatic N) is 1. The highest BCUT2D eigenvalue weighted by Crippen LogP contribution is 2.39. The van der Waals surface area contributed by atoms with Gasteiger partial charge in [-0.25, -0.2) is 13.2 Å². The number of hydrogen-bond acceptors (Lipinski definition) is 6. The normalized spacial score (nSPS) is 12.8. The Labute approximate surface area is 211 Å². The first-order valence-electron chi connectivity index (χ1n) is 10.3. The van der Waals surface area contributed by atoms with E-state index in [4.69, 9.17) is 27.9 Å². The number of methoxy groups -OCH3 is 1. The van der Waals surface area contributed by atoms with Gasteiger partial charge in [0.25, 0.3) is 10.0 Å². The molecule has 178 valence electrons. The molecule has 0 unspecified atom stereocenters. The summed E-state index contributed by atoms with van der Waals surface area (Å²) in [6.45, 7) is -0.543. The predicted octanol–water partition coefficient (Wildman–Crippen LogP) is 5.16. The smallest absolute Gasteiger partial charge is 0.341 e. The van der Waals surface area contributed by atoms with Crippen molar-refractivity contribution >= 4 is 67.1 Å². The fourth-order valence-electron chi connectivity index (χ4n) is 3.78. The minimum Gasteiger partial charge on any atom is -0.465 e. The molecule has 0 saturated carbocycles. The number of sulfonamides is 1. The molecule has 0 saturated heterocycles. The molecule has 1 amide bonds. The molecule has 0 bridgehead atoms. The Bertz CT molecular complexity index is 1360. The summed E-state index contributed by atoms with van der Waals surface area (Å²) in [4.78, 5) is 26.5. The Hall–Kier alpha value is -2.59. The molecule has 0 spiro atoms. The second-order valence-corrected chi connectivity index (χ2v) is 11.3. The zero-order valence-corrected chi connectivity index (χ0v) is 21.2. The Kier molecular flexibility index (Phi) is 7.18. The number of hydrogen-bond donors (Lipinski definition) is 1. The lowest BCUT2D eigenvalue weighted by atomic mass is 10.1. The van der Waals surface area contributed by atoms with Crippen molar-refractivity contribution < 1.29 is 22.7 Å². The van der Waals surface area contributed by atoms with Gasteiger partial charge in [-0.2, -0.15) is 0 Å². The van der Waals surface area contributed by atoms with E-state index in [2.05, 4.69) is 5.32 Å². The summed E-state index contributed by atoms with van der Waals surface area (Å²) >= 11 is 13.4. The highest BCUT2D eigenvalue weighted by Gasteiger charge is 2.31. The van der Waals surface area contributed by atoms with Gasteiger partial charge in [-0.15, -0.1) is 11.3 Å². The van der Waals surface area contributed by atoms with Gasteiger partial charge in [0, 0.05) is 4.88 Å². The molecular weight excluding hydrogens is 519 g/mol. The van der Waals surface area contributed by atoms with Gasteiger partial charge in [-0.05, 0) is 55.2 Å². The number of halogens is 2. The van der Waals surface area contributed by atoms with Gasteiger partial charge in [-0.3, -0.25) is 9.10 Å². The standard InChI is InChI=1S/C23H20Cl2N2O5S2/c1-32-23(29)21-16-8-5-9-19(16)33-22(21)26-20(28)13-27(14-10-11-17(24)18(25)12-14)34(30,31)15-6-3-2-4-7-15/h2-4,6-7,10-12H,5,8-9,13H2,1H3,(H,26,28). The lowest BCUT2D eigenvalue weighted by Crippen LogP contribution is -2.38. The van der Waals surface area contributed by atoms with E-state index in [9.17, 15) is 18.0 Å². The van der Waals surface area contributed by atoms with E-state index in [1.165, 1.54) is 48.8 Å². The third-order valence-corrected chi connectivity index (χ3v) is 9.11. The van der Waals surface area contributed by atoms with Crippen molar-refractivity contribution in [3.8, 4) is 0 Å². The lowest BCUT2D eigenvalue weighted by molar-refractivity contribution is -0.114. The monoisotopic (exact) mass is 538 g/mol. The number of anilines is 2. The van der Waals surface area contributed by atoms with Gasteiger partial charge in [0.2, 0.25) is 5.91 Å². The van der Waals surface area contributed by atoms with Crippen LogP contribution in [-0.4, -0.2) is 33.9 Å². The number of amides is 1. The van der Waals surface area contributed by atoms with Crippen LogP contribution in [-0.2, 0) is 32.4 Å². The average molecular weight is 539 g/mol. The third-order valence-electron chi connectivity index (χ3n) is 5.37. The zero-order chi connectivity index (χ0) is 24.5. The van der Waals surface area contributed by atoms with Crippen LogP contribution in [0.3, 0.4) is 0 Å². The van der Waals surface area contributed by atoms with Gasteiger partial charge in [-0.1, -0.05) is 41.4 Å². The van der Waals surface area contributed by atoms with Crippen molar-refractivity contribution in [2.75, 3.05) is 23.3 Å². The largest absolute Gasteiger partial charge is 0.465 e. The fraction of sp³-hybridized carbons (Fsp3) is 0.217. The van der Waals surface area contributed by atoms with Gasteiger partial charge in [0.1, 0.15) is 11.5 Å². The molecule has 11 heteroatoms. The summed E-state index contributed by atoms with van der Waals surface area (Å²) in [5.41, 5.74) is 1.39. The molecule has 0 atom stereocenters. The summed E-state index contributed by atoms with van der Waals surface area (Å²) < 4.78 is 32.8. The molecule has 7 nitrogen and oxygen atoms in total. The maximum atomic E-state index is 13.5. The van der Waals surface area contributed by atoms with Gasteiger partial charge >= 0.3 is 5.97 Å². The number of ether oxygens (including phenoxy) is 1. The number of nitrogens with one attached hydrogen (secondary N) is 1. The molecule has 0 aliphatic heterocycles. The number of thiophene rings is 1. The molecule has 1 aliphatic carbocycles. The van der Waals surface area contributed by atoms with Crippen molar-refractivity contribution in [1.29, 1.82) is 0 Å². The maximum Gasteiger partial charge on any atom is 0.341 e. The molecule has 1 aromatic heterocycles. The lowest BCUT2D eigenvalue weighted by Gasteiger charge is -2.24. The van der Waals surface area contributed by atoms with Gasteiger partial charge in [0.15, 0.2) is 0 Å². The third kappa shape index (κ3) is 4.79. The minimum absolute atomic E-state index is 0.0132. The maximum absolute atomic E-state index is 13.5. The summed E-state index contributed by atoms with van der Waals surface area (Å²) in [7, 11) is -2.83. The second kappa shape index (κ2) is 9.95. The minimum atomic E-state index is -4.12. The van der Waals surface area contributed by atoms with Crippen molar-refractivity contribution in [1.82, 2.24) is 0 Å². The first kappa shape index (κ1) is 24.5. The zero-order valence-electron chi connectivity index (χ0n) is 18.0. The van der Waals surface area contributed by atoms with Crippen LogP contribution in [0, 0.1) is 0 Å². The molecule has 4 rings (SSSR count). The predicted molar refractivity (Wildman–Crippen MR) is 134 cm³/mol. The van der Waals surface area contributed by atoms with Crippen molar-refractivity contribution in [2.24, 2.45) is 0 Å². The Morgan fingerprint density at radius 2 is 1.82 bits per heavy atom. The molecule has 34 heavy (non-hydrogen) atoms. The highest BCUT2D eigenvalue weighted by atomic mass is 35.5. The van der Waals surface area contributed by atoms with E-state index in [0.717, 1.165) is 34.0 Å². The van der Waals surface area contributed by atoms with Crippen molar-refractivity contribution in [2.45, 2.75) is 24.2 Å². The Morgan fingerprint density at radius 3 is 2.50 bits per heavy atom. The number of fused-ring (bicyclic) bond motifs is 1. The van der Waals surface area contributed by atoms with E-state index in [1.54, 1.807) is 18.2 Å². The van der Waals surface area contributed by atoms with Crippen molar-refractivity contribution in [3.05, 3.63) is 74.6 Å². The quantitative estimate of drug-likeness (QED) is 0.419. The first-order chi connectivity index (χ1) is 16.2. The van der Waals surface area contributed by atoms with E-state index in [-0.39, 0.29) is 20.6 Å². The molecule has 0 fully saturated rings. The Morgan fingerprint density at radius 1 is 1.09 bits per heavy atom. The van der Waals surface area contributed by atoms with Crippen LogP contribution in [0.5, 0.6) is 0 Å². The van der Waals surface area contributed by atoms with E-state index in [1.807, 2.05) is 0 Å². The van der Waals surface area contributed by atoms with Crippen LogP contribution < -0.4 is 9.62 Å². The van der Waals surface area contributed by atoms with Crippen LogP contribution in [0.2, 0.25) is 10.0 Å². The molecular formula is C23H20Cl2N2O5S2. The van der Waals surface area contributed by atoms with Crippen LogP contribution in [0.4, 0.5) is 10.7 Å². The molecule has 0 radical (unpaired) electrons. The van der Waals surface area contributed by atoms with Crippen LogP contribution in [0.25, 0.3) is 0 Å². The van der Waals surface area contributed by atoms with Crippen LogP contribution >= 0.6 is 34.5 Å². The van der Waals surface area contributed by atoms with E-state index >= 15 is 0 Å². The van der Waals surface area contributed by atoms with E-state index in [0.29, 0.717) is 10.6 Å². The first-order valence-corrected chi connectivity index (χ1v) is 13.3. The number of esters is 1. The topological polar surface area (TPSA) is 92.8 Å². The summed E-state index contributed by atoms with van der Waals surface area (Å²) in [6.07, 6.45) is 2.47. The second-order valence-electron chi connectivity index (χ2n) is 7.52. The number of carbonyl (C=O) groups is 2. The van der Waals surface area contributed by atoms with Crippen LogP contribution in [0.15, 0.2) is 53.4 Å². The molecule has 1 aliphatic rings.